The number of rotatable bonds is 10. The molecule has 8 nitrogen and oxygen atoms in total. The number of halogens is 1. The molecule has 4 aromatic rings. The molecule has 0 bridgehead atoms. The molecular weight excluding hydrogens is 575 g/mol. The standard InChI is InChI=1S/C34H39FN4O4Si/c1-23-29(42-32(33(23)44(2,3)35)17-19-38-22-25(18-20-40)36-37-38)16-15-24-9-8-10-26(21-24)39-28-12-5-7-14-31(28)43-30-13-6-4-11-27(30)34(39)41/h4-14,21-23,29,32-33,40H,15-20H2,1-3H3/t23-,29+,32-,33+/m0/s1. The Labute approximate surface area is 258 Å². The Morgan fingerprint density at radius 1 is 0.955 bits per heavy atom. The Morgan fingerprint density at radius 3 is 2.52 bits per heavy atom. The summed E-state index contributed by atoms with van der Waals surface area (Å²) in [7, 11) is -3.01. The summed E-state index contributed by atoms with van der Waals surface area (Å²) in [6.07, 6.45) is 4.19. The van der Waals surface area contributed by atoms with Crippen LogP contribution in [0.2, 0.25) is 18.6 Å². The zero-order valence-electron chi connectivity index (χ0n) is 25.4. The molecule has 4 atom stereocenters. The minimum Gasteiger partial charge on any atom is -0.454 e. The zero-order chi connectivity index (χ0) is 30.8. The van der Waals surface area contributed by atoms with E-state index < -0.39 is 8.41 Å². The van der Waals surface area contributed by atoms with Crippen LogP contribution in [0.15, 0.2) is 79.0 Å². The molecule has 10 heteroatoms. The van der Waals surface area contributed by atoms with Crippen molar-refractivity contribution >= 4 is 25.7 Å². The van der Waals surface area contributed by atoms with Crippen LogP contribution in [0.4, 0.5) is 15.5 Å². The topological polar surface area (TPSA) is 89.7 Å². The van der Waals surface area contributed by atoms with Crippen molar-refractivity contribution in [2.24, 2.45) is 5.92 Å². The monoisotopic (exact) mass is 614 g/mol. The molecular formula is C34H39FN4O4Si. The van der Waals surface area contributed by atoms with Gasteiger partial charge in [0.1, 0.15) is 5.75 Å². The van der Waals surface area contributed by atoms with Gasteiger partial charge in [-0.15, -0.1) is 5.10 Å². The summed E-state index contributed by atoms with van der Waals surface area (Å²) in [4.78, 5) is 15.6. The summed E-state index contributed by atoms with van der Waals surface area (Å²) >= 11 is 0. The number of fused-ring (bicyclic) bond motifs is 2. The number of aryl methyl sites for hydroxylation is 2. The molecule has 44 heavy (non-hydrogen) atoms. The van der Waals surface area contributed by atoms with E-state index in [1.165, 1.54) is 0 Å². The van der Waals surface area contributed by atoms with Crippen LogP contribution >= 0.6 is 0 Å². The van der Waals surface area contributed by atoms with Crippen molar-refractivity contribution in [2.75, 3.05) is 11.5 Å². The van der Waals surface area contributed by atoms with Gasteiger partial charge < -0.3 is 18.7 Å². The van der Waals surface area contributed by atoms with Gasteiger partial charge in [-0.1, -0.05) is 48.5 Å². The molecule has 230 valence electrons. The second kappa shape index (κ2) is 12.6. The summed E-state index contributed by atoms with van der Waals surface area (Å²) in [5.41, 5.74) is 3.67. The van der Waals surface area contributed by atoms with E-state index in [1.807, 2.05) is 60.8 Å². The Kier molecular flexibility index (Phi) is 8.66. The van der Waals surface area contributed by atoms with Gasteiger partial charge >= 0.3 is 0 Å². The van der Waals surface area contributed by atoms with E-state index in [1.54, 1.807) is 28.7 Å². The first-order chi connectivity index (χ1) is 21.2. The van der Waals surface area contributed by atoms with Crippen LogP contribution in [0.5, 0.6) is 11.5 Å². The number of anilines is 2. The summed E-state index contributed by atoms with van der Waals surface area (Å²) in [5.74, 6) is 1.10. The minimum absolute atomic E-state index is 0.0280. The number of hydrogen-bond donors (Lipinski definition) is 1. The Bertz CT molecular complexity index is 1620. The number of benzene rings is 3. The first-order valence-electron chi connectivity index (χ1n) is 15.4. The van der Waals surface area contributed by atoms with Gasteiger partial charge in [0.05, 0.1) is 29.2 Å². The maximum atomic E-state index is 15.7. The van der Waals surface area contributed by atoms with E-state index in [-0.39, 0.29) is 36.2 Å². The highest BCUT2D eigenvalue weighted by Crippen LogP contribution is 2.47. The molecule has 1 fully saturated rings. The molecule has 1 aromatic heterocycles. The van der Waals surface area contributed by atoms with Crippen LogP contribution in [0.1, 0.15) is 41.4 Å². The fourth-order valence-corrected chi connectivity index (χ4v) is 9.40. The van der Waals surface area contributed by atoms with Gasteiger partial charge in [0.2, 0.25) is 8.41 Å². The highest BCUT2D eigenvalue weighted by molar-refractivity contribution is 6.72. The van der Waals surface area contributed by atoms with Crippen molar-refractivity contribution in [1.82, 2.24) is 15.0 Å². The number of aliphatic hydroxyl groups is 1. The molecule has 0 radical (unpaired) electrons. The molecule has 0 saturated carbocycles. The van der Waals surface area contributed by atoms with E-state index >= 15 is 4.11 Å². The summed E-state index contributed by atoms with van der Waals surface area (Å²) in [5, 5.41) is 17.4. The van der Waals surface area contributed by atoms with E-state index in [0.717, 1.165) is 29.8 Å². The fourth-order valence-electron chi connectivity index (χ4n) is 6.81. The lowest BCUT2D eigenvalue weighted by Crippen LogP contribution is -2.36. The Hall–Kier alpha value is -3.86. The molecule has 6 rings (SSSR count). The van der Waals surface area contributed by atoms with Gasteiger partial charge in [0.15, 0.2) is 5.75 Å². The first-order valence-corrected chi connectivity index (χ1v) is 18.3. The van der Waals surface area contributed by atoms with Crippen molar-refractivity contribution in [3.8, 4) is 11.5 Å². The fraction of sp³-hybridized carbons (Fsp3) is 0.382. The number of carbonyl (C=O) groups is 1. The maximum absolute atomic E-state index is 15.7. The molecule has 0 aliphatic carbocycles. The van der Waals surface area contributed by atoms with E-state index in [4.69, 9.17) is 14.6 Å². The second-order valence-corrected chi connectivity index (χ2v) is 16.1. The predicted molar refractivity (Wildman–Crippen MR) is 170 cm³/mol. The van der Waals surface area contributed by atoms with Gasteiger partial charge in [-0.2, -0.15) is 0 Å². The van der Waals surface area contributed by atoms with Gasteiger partial charge in [-0.05, 0) is 80.2 Å². The molecule has 1 N–H and O–H groups in total. The van der Waals surface area contributed by atoms with Crippen molar-refractivity contribution < 1.29 is 23.5 Å². The number of ether oxygens (including phenoxy) is 2. The largest absolute Gasteiger partial charge is 0.454 e. The summed E-state index contributed by atoms with van der Waals surface area (Å²) < 4.78 is 30.2. The smallest absolute Gasteiger partial charge is 0.266 e. The molecule has 2 aliphatic rings. The van der Waals surface area contributed by atoms with Crippen LogP contribution in [0, 0.1) is 5.92 Å². The molecule has 3 heterocycles. The van der Waals surface area contributed by atoms with Crippen molar-refractivity contribution in [3.63, 3.8) is 0 Å². The average molecular weight is 615 g/mol. The maximum Gasteiger partial charge on any atom is 0.266 e. The van der Waals surface area contributed by atoms with Crippen molar-refractivity contribution in [1.29, 1.82) is 0 Å². The van der Waals surface area contributed by atoms with Crippen LogP contribution in [0.3, 0.4) is 0 Å². The highest BCUT2D eigenvalue weighted by Gasteiger charge is 2.50. The summed E-state index contributed by atoms with van der Waals surface area (Å²) in [6.45, 7) is 6.30. The highest BCUT2D eigenvalue weighted by atomic mass is 28.4. The number of amides is 1. The first kappa shape index (κ1) is 30.2. The number of hydrogen-bond acceptors (Lipinski definition) is 6. The van der Waals surface area contributed by atoms with Crippen molar-refractivity contribution in [2.45, 2.75) is 70.0 Å². The van der Waals surface area contributed by atoms with Crippen molar-refractivity contribution in [3.05, 3.63) is 95.8 Å². The third-order valence-corrected chi connectivity index (χ3v) is 11.3. The number of carbonyl (C=O) groups excluding carboxylic acids is 1. The summed E-state index contributed by atoms with van der Waals surface area (Å²) in [6, 6.07) is 22.9. The molecule has 0 unspecified atom stereocenters. The SMILES string of the molecule is C[C@@H]1[C@@H]([Si](C)(C)F)[C@H](CCn2cc(CCO)nn2)O[C@@H]1CCc1cccc(N2C(=O)c3ccccc3Oc3ccccc32)c1. The average Bonchev–Trinajstić information content (AvgIpc) is 3.56. The van der Waals surface area contributed by atoms with Crippen LogP contribution < -0.4 is 9.64 Å². The zero-order valence-corrected chi connectivity index (χ0v) is 26.4. The van der Waals surface area contributed by atoms with Crippen LogP contribution in [-0.2, 0) is 24.1 Å². The van der Waals surface area contributed by atoms with E-state index in [0.29, 0.717) is 42.1 Å². The number of nitrogens with zero attached hydrogens (tertiary/aromatic N) is 4. The Morgan fingerprint density at radius 2 is 1.73 bits per heavy atom. The number of para-hydroxylation sites is 3. The second-order valence-electron chi connectivity index (χ2n) is 12.3. The molecule has 2 aliphatic heterocycles. The third kappa shape index (κ3) is 6.20. The minimum atomic E-state index is -3.01. The Balaban J connectivity index is 1.18. The predicted octanol–water partition coefficient (Wildman–Crippen LogP) is 6.87. The van der Waals surface area contributed by atoms with Crippen LogP contribution in [-0.4, -0.2) is 53.2 Å². The lowest BCUT2D eigenvalue weighted by Gasteiger charge is -2.28. The van der Waals surface area contributed by atoms with E-state index in [2.05, 4.69) is 29.4 Å². The lowest BCUT2D eigenvalue weighted by atomic mass is 9.95. The normalized spacial score (nSPS) is 21.5. The lowest BCUT2D eigenvalue weighted by molar-refractivity contribution is 0.0247. The molecule has 3 aromatic carbocycles. The van der Waals surface area contributed by atoms with Gasteiger partial charge in [0, 0.05) is 37.0 Å². The molecule has 0 spiro atoms. The van der Waals surface area contributed by atoms with Gasteiger partial charge in [-0.3, -0.25) is 14.4 Å². The quantitative estimate of drug-likeness (QED) is 0.155. The van der Waals surface area contributed by atoms with Gasteiger partial charge in [-0.25, -0.2) is 0 Å². The number of aliphatic hydroxyl groups excluding tert-OH is 1. The van der Waals surface area contributed by atoms with E-state index in [9.17, 15) is 4.79 Å². The van der Waals surface area contributed by atoms with Crippen LogP contribution in [0.25, 0.3) is 0 Å². The third-order valence-electron chi connectivity index (χ3n) is 8.83. The molecule has 1 saturated heterocycles. The number of aromatic nitrogens is 3. The molecule has 1 amide bonds. The van der Waals surface area contributed by atoms with Gasteiger partial charge in [0.25, 0.3) is 5.91 Å².